The van der Waals surface area contributed by atoms with Gasteiger partial charge in [-0.1, -0.05) is 5.16 Å². The fourth-order valence-corrected chi connectivity index (χ4v) is 3.22. The number of hydrogen-bond acceptors (Lipinski definition) is 5. The molecular weight excluding hydrogens is 304 g/mol. The van der Waals surface area contributed by atoms with Crippen LogP contribution < -0.4 is 10.2 Å². The van der Waals surface area contributed by atoms with Crippen LogP contribution in [-0.4, -0.2) is 35.7 Å². The van der Waals surface area contributed by atoms with Crippen molar-refractivity contribution < 1.29 is 9.32 Å². The summed E-state index contributed by atoms with van der Waals surface area (Å²) >= 11 is 0. The number of pyridine rings is 1. The van der Waals surface area contributed by atoms with Gasteiger partial charge in [-0.05, 0) is 43.7 Å². The third-order valence-corrected chi connectivity index (χ3v) is 4.92. The van der Waals surface area contributed by atoms with Crippen LogP contribution in [0.2, 0.25) is 0 Å². The molecule has 6 heteroatoms. The Morgan fingerprint density at radius 3 is 2.83 bits per heavy atom. The number of piperidine rings is 1. The molecule has 1 amide bonds. The molecule has 0 unspecified atom stereocenters. The highest BCUT2D eigenvalue weighted by Crippen LogP contribution is 2.40. The Hall–Kier alpha value is -2.37. The summed E-state index contributed by atoms with van der Waals surface area (Å²) in [6.45, 7) is 2.70. The second-order valence-electron chi connectivity index (χ2n) is 6.74. The van der Waals surface area contributed by atoms with E-state index in [0.717, 1.165) is 44.5 Å². The minimum atomic E-state index is -0.125. The van der Waals surface area contributed by atoms with Crippen LogP contribution in [-0.2, 0) is 0 Å². The molecule has 2 aliphatic rings. The van der Waals surface area contributed by atoms with Gasteiger partial charge in [0, 0.05) is 37.8 Å². The number of carbonyl (C=O) groups excluding carboxylic acids is 1. The van der Waals surface area contributed by atoms with E-state index in [1.165, 1.54) is 5.69 Å². The van der Waals surface area contributed by atoms with Crippen molar-refractivity contribution in [1.29, 1.82) is 0 Å². The summed E-state index contributed by atoms with van der Waals surface area (Å²) in [5.41, 5.74) is 1.58. The predicted molar refractivity (Wildman–Crippen MR) is 90.0 cm³/mol. The number of rotatable bonds is 5. The van der Waals surface area contributed by atoms with E-state index in [1.807, 2.05) is 12.3 Å². The second-order valence-corrected chi connectivity index (χ2v) is 6.74. The molecule has 0 radical (unpaired) electrons. The minimum Gasteiger partial charge on any atom is -0.370 e. The van der Waals surface area contributed by atoms with Crippen LogP contribution in [0.4, 0.5) is 5.69 Å². The number of nitrogens with one attached hydrogen (secondary N) is 1. The topological polar surface area (TPSA) is 71.3 Å². The minimum absolute atomic E-state index is 0.125. The van der Waals surface area contributed by atoms with Gasteiger partial charge in [-0.3, -0.25) is 9.78 Å². The van der Waals surface area contributed by atoms with Crippen molar-refractivity contribution in [1.82, 2.24) is 15.5 Å². The number of anilines is 1. The van der Waals surface area contributed by atoms with Crippen LogP contribution in [0.1, 0.15) is 47.8 Å². The Labute approximate surface area is 141 Å². The molecule has 0 bridgehead atoms. The molecule has 0 aromatic carbocycles. The van der Waals surface area contributed by atoms with Crippen molar-refractivity contribution in [3.63, 3.8) is 0 Å². The summed E-state index contributed by atoms with van der Waals surface area (Å²) in [5, 5.41) is 6.89. The Bertz CT molecular complexity index is 688. The van der Waals surface area contributed by atoms with Gasteiger partial charge in [0.05, 0.1) is 11.9 Å². The summed E-state index contributed by atoms with van der Waals surface area (Å²) in [6, 6.07) is 5.85. The van der Waals surface area contributed by atoms with E-state index in [1.54, 1.807) is 12.3 Å². The van der Waals surface area contributed by atoms with E-state index < -0.39 is 0 Å². The monoisotopic (exact) mass is 326 g/mol. The third-order valence-electron chi connectivity index (χ3n) is 4.92. The molecule has 0 spiro atoms. The van der Waals surface area contributed by atoms with Gasteiger partial charge in [0.25, 0.3) is 5.91 Å². The zero-order valence-corrected chi connectivity index (χ0v) is 13.6. The summed E-state index contributed by atoms with van der Waals surface area (Å²) in [5.74, 6) is 1.72. The molecular formula is C18H22N4O2. The van der Waals surface area contributed by atoms with E-state index in [4.69, 9.17) is 4.52 Å². The molecule has 4 rings (SSSR count). The molecule has 1 saturated carbocycles. The Balaban J connectivity index is 1.24. The van der Waals surface area contributed by atoms with Crippen molar-refractivity contribution in [3.8, 4) is 0 Å². The highest BCUT2D eigenvalue weighted by molar-refractivity contribution is 5.92. The highest BCUT2D eigenvalue weighted by atomic mass is 16.5. The molecule has 6 nitrogen and oxygen atoms in total. The fourth-order valence-electron chi connectivity index (χ4n) is 3.22. The lowest BCUT2D eigenvalue weighted by atomic mass is 9.96. The van der Waals surface area contributed by atoms with Crippen LogP contribution >= 0.6 is 0 Å². The van der Waals surface area contributed by atoms with Gasteiger partial charge in [0.15, 0.2) is 5.69 Å². The largest absolute Gasteiger partial charge is 0.370 e. The number of aromatic nitrogens is 2. The average Bonchev–Trinajstić information content (AvgIpc) is 3.38. The van der Waals surface area contributed by atoms with Gasteiger partial charge in [-0.25, -0.2) is 0 Å². The molecule has 1 saturated heterocycles. The first-order valence-corrected chi connectivity index (χ1v) is 8.69. The quantitative estimate of drug-likeness (QED) is 0.914. The zero-order valence-electron chi connectivity index (χ0n) is 13.6. The maximum absolute atomic E-state index is 12.2. The Morgan fingerprint density at radius 1 is 1.29 bits per heavy atom. The van der Waals surface area contributed by atoms with Crippen molar-refractivity contribution >= 4 is 11.6 Å². The van der Waals surface area contributed by atoms with E-state index in [9.17, 15) is 4.79 Å². The SMILES string of the molecule is O=C(NCC1CCN(c2cccnc2)CC1)c1cc(C2CC2)on1. The molecule has 2 fully saturated rings. The standard InChI is InChI=1S/C18H22N4O2/c23-18(16-10-17(24-21-16)14-3-4-14)20-11-13-5-8-22(9-6-13)15-2-1-7-19-12-15/h1-2,7,10,12-14H,3-6,8-9,11H2,(H,20,23). The maximum atomic E-state index is 12.2. The first-order chi connectivity index (χ1) is 11.8. The van der Waals surface area contributed by atoms with Crippen molar-refractivity contribution in [3.05, 3.63) is 42.0 Å². The normalized spacial score (nSPS) is 18.6. The van der Waals surface area contributed by atoms with Crippen LogP contribution in [0, 0.1) is 5.92 Å². The zero-order chi connectivity index (χ0) is 16.4. The third kappa shape index (κ3) is 3.42. The fraction of sp³-hybridized carbons (Fsp3) is 0.500. The number of nitrogens with zero attached hydrogens (tertiary/aromatic N) is 3. The lowest BCUT2D eigenvalue weighted by Gasteiger charge is -2.33. The molecule has 2 aromatic rings. The van der Waals surface area contributed by atoms with E-state index in [-0.39, 0.29) is 5.91 Å². The van der Waals surface area contributed by atoms with Crippen molar-refractivity contribution in [2.45, 2.75) is 31.6 Å². The summed E-state index contributed by atoms with van der Waals surface area (Å²) < 4.78 is 5.24. The van der Waals surface area contributed by atoms with Crippen LogP contribution in [0.25, 0.3) is 0 Å². The van der Waals surface area contributed by atoms with E-state index >= 15 is 0 Å². The molecule has 126 valence electrons. The first-order valence-electron chi connectivity index (χ1n) is 8.69. The smallest absolute Gasteiger partial charge is 0.273 e. The van der Waals surface area contributed by atoms with Gasteiger partial charge < -0.3 is 14.7 Å². The summed E-state index contributed by atoms with van der Waals surface area (Å²) in [4.78, 5) is 18.7. The average molecular weight is 326 g/mol. The number of amides is 1. The molecule has 3 heterocycles. The Morgan fingerprint density at radius 2 is 2.12 bits per heavy atom. The van der Waals surface area contributed by atoms with Gasteiger partial charge in [-0.15, -0.1) is 0 Å². The van der Waals surface area contributed by atoms with Crippen LogP contribution in [0.15, 0.2) is 35.1 Å². The van der Waals surface area contributed by atoms with Gasteiger partial charge in [0.1, 0.15) is 5.76 Å². The predicted octanol–water partition coefficient (Wildman–Crippen LogP) is 2.59. The van der Waals surface area contributed by atoms with Crippen LogP contribution in [0.5, 0.6) is 0 Å². The summed E-state index contributed by atoms with van der Waals surface area (Å²) in [6.07, 6.45) is 8.13. The first kappa shape index (κ1) is 15.2. The lowest BCUT2D eigenvalue weighted by molar-refractivity contribution is 0.0935. The molecule has 0 atom stereocenters. The van der Waals surface area contributed by atoms with Gasteiger partial charge >= 0.3 is 0 Å². The van der Waals surface area contributed by atoms with Crippen LogP contribution in [0.3, 0.4) is 0 Å². The van der Waals surface area contributed by atoms with Gasteiger partial charge in [0.2, 0.25) is 0 Å². The second kappa shape index (κ2) is 6.63. The highest BCUT2D eigenvalue weighted by Gasteiger charge is 2.29. The molecule has 1 aliphatic carbocycles. The van der Waals surface area contributed by atoms with E-state index in [2.05, 4.69) is 26.4 Å². The molecule has 1 N–H and O–H groups in total. The molecule has 2 aromatic heterocycles. The number of hydrogen-bond donors (Lipinski definition) is 1. The summed E-state index contributed by atoms with van der Waals surface area (Å²) in [7, 11) is 0. The maximum Gasteiger partial charge on any atom is 0.273 e. The lowest BCUT2D eigenvalue weighted by Crippen LogP contribution is -2.38. The van der Waals surface area contributed by atoms with Crippen molar-refractivity contribution in [2.75, 3.05) is 24.5 Å². The van der Waals surface area contributed by atoms with Crippen molar-refractivity contribution in [2.24, 2.45) is 5.92 Å². The Kier molecular flexibility index (Phi) is 4.19. The molecule has 1 aliphatic heterocycles. The molecule has 24 heavy (non-hydrogen) atoms. The van der Waals surface area contributed by atoms with E-state index in [0.29, 0.717) is 24.1 Å². The number of carbonyl (C=O) groups is 1. The van der Waals surface area contributed by atoms with Gasteiger partial charge in [-0.2, -0.15) is 0 Å².